The van der Waals surface area contributed by atoms with Gasteiger partial charge in [-0.25, -0.2) is 0 Å². The average molecular weight is 404 g/mol. The second-order valence-electron chi connectivity index (χ2n) is 6.76. The standard InChI is InChI=1S/C20H22ClN3O4/c1-23-17-12-13(21)6-7-16(17)24(15-5-3-2-4-14(15)18(23)27)19(28)20(22,8-10-25)9-11-26/h2-7,12,25-26H,8-11,22H2,1H3. The van der Waals surface area contributed by atoms with E-state index in [9.17, 15) is 19.8 Å². The van der Waals surface area contributed by atoms with Crippen LogP contribution in [0.15, 0.2) is 42.5 Å². The molecule has 1 heterocycles. The summed E-state index contributed by atoms with van der Waals surface area (Å²) in [5, 5.41) is 19.3. The van der Waals surface area contributed by atoms with E-state index in [1.54, 1.807) is 49.5 Å². The molecule has 0 fully saturated rings. The number of nitrogens with zero attached hydrogens (tertiary/aromatic N) is 2. The second-order valence-corrected chi connectivity index (χ2v) is 7.19. The summed E-state index contributed by atoms with van der Waals surface area (Å²) >= 11 is 6.14. The van der Waals surface area contributed by atoms with E-state index in [1.165, 1.54) is 9.80 Å². The Morgan fingerprint density at radius 1 is 1.07 bits per heavy atom. The Morgan fingerprint density at radius 3 is 2.36 bits per heavy atom. The highest BCUT2D eigenvalue weighted by Crippen LogP contribution is 2.42. The molecule has 3 rings (SSSR count). The summed E-state index contributed by atoms with van der Waals surface area (Å²) in [6, 6.07) is 11.6. The number of benzene rings is 2. The number of aliphatic hydroxyl groups is 2. The molecule has 2 aromatic carbocycles. The summed E-state index contributed by atoms with van der Waals surface area (Å²) in [5.41, 5.74) is 6.44. The third-order valence-electron chi connectivity index (χ3n) is 4.96. The summed E-state index contributed by atoms with van der Waals surface area (Å²) in [6.07, 6.45) is -0.0600. The van der Waals surface area contributed by atoms with Crippen LogP contribution >= 0.6 is 11.6 Å². The van der Waals surface area contributed by atoms with Gasteiger partial charge in [-0.2, -0.15) is 0 Å². The lowest BCUT2D eigenvalue weighted by atomic mass is 9.90. The first kappa shape index (κ1) is 20.3. The molecule has 0 atom stereocenters. The molecule has 4 N–H and O–H groups in total. The minimum absolute atomic E-state index is 0.0300. The summed E-state index contributed by atoms with van der Waals surface area (Å²) in [4.78, 5) is 29.4. The van der Waals surface area contributed by atoms with E-state index in [4.69, 9.17) is 17.3 Å². The molecule has 1 aliphatic heterocycles. The van der Waals surface area contributed by atoms with Crippen LogP contribution in [-0.2, 0) is 4.79 Å². The van der Waals surface area contributed by atoms with Gasteiger partial charge in [-0.1, -0.05) is 23.7 Å². The fraction of sp³-hybridized carbons (Fsp3) is 0.300. The van der Waals surface area contributed by atoms with E-state index in [2.05, 4.69) is 0 Å². The first-order valence-electron chi connectivity index (χ1n) is 8.86. The number of anilines is 3. The third kappa shape index (κ3) is 3.38. The monoisotopic (exact) mass is 403 g/mol. The Hall–Kier alpha value is -2.45. The maximum atomic E-state index is 13.6. The quantitative estimate of drug-likeness (QED) is 0.708. The largest absolute Gasteiger partial charge is 0.396 e. The van der Waals surface area contributed by atoms with E-state index in [-0.39, 0.29) is 32.0 Å². The minimum Gasteiger partial charge on any atom is -0.396 e. The lowest BCUT2D eigenvalue weighted by molar-refractivity contribution is -0.124. The van der Waals surface area contributed by atoms with Gasteiger partial charge in [0.1, 0.15) is 5.54 Å². The molecule has 0 aliphatic carbocycles. The predicted molar refractivity (Wildman–Crippen MR) is 108 cm³/mol. The summed E-state index contributed by atoms with van der Waals surface area (Å²) in [5.74, 6) is -0.809. The number of nitrogens with two attached hydrogens (primary N) is 1. The number of halogens is 1. The van der Waals surface area contributed by atoms with Gasteiger partial charge < -0.3 is 20.8 Å². The Kier molecular flexibility index (Phi) is 5.71. The summed E-state index contributed by atoms with van der Waals surface area (Å²) < 4.78 is 0. The van der Waals surface area contributed by atoms with Gasteiger partial charge in [0, 0.05) is 25.3 Å². The summed E-state index contributed by atoms with van der Waals surface area (Å²) in [7, 11) is 1.61. The van der Waals surface area contributed by atoms with Crippen molar-refractivity contribution in [1.29, 1.82) is 0 Å². The van der Waals surface area contributed by atoms with Crippen molar-refractivity contribution in [3.8, 4) is 0 Å². The Balaban J connectivity index is 2.27. The van der Waals surface area contributed by atoms with Crippen molar-refractivity contribution in [3.63, 3.8) is 0 Å². The molecule has 148 valence electrons. The number of amides is 2. The van der Waals surface area contributed by atoms with E-state index < -0.39 is 11.4 Å². The van der Waals surface area contributed by atoms with Crippen LogP contribution in [-0.4, -0.2) is 47.8 Å². The zero-order valence-corrected chi connectivity index (χ0v) is 16.2. The number of para-hydroxylation sites is 1. The van der Waals surface area contributed by atoms with Crippen LogP contribution in [0.25, 0.3) is 0 Å². The van der Waals surface area contributed by atoms with Crippen LogP contribution in [0, 0.1) is 0 Å². The molecule has 8 heteroatoms. The number of aliphatic hydroxyl groups excluding tert-OH is 2. The molecule has 7 nitrogen and oxygen atoms in total. The van der Waals surface area contributed by atoms with Crippen LogP contribution in [0.3, 0.4) is 0 Å². The van der Waals surface area contributed by atoms with Crippen LogP contribution in [0.2, 0.25) is 5.02 Å². The van der Waals surface area contributed by atoms with Gasteiger partial charge in [0.15, 0.2) is 0 Å². The Morgan fingerprint density at radius 2 is 1.71 bits per heavy atom. The fourth-order valence-corrected chi connectivity index (χ4v) is 3.57. The highest BCUT2D eigenvalue weighted by molar-refractivity contribution is 6.31. The SMILES string of the molecule is CN1C(=O)c2ccccc2N(C(=O)C(N)(CCO)CCO)c2ccc(Cl)cc21. The Bertz CT molecular complexity index is 912. The van der Waals surface area contributed by atoms with Crippen molar-refractivity contribution in [2.24, 2.45) is 5.73 Å². The predicted octanol–water partition coefficient (Wildman–Crippen LogP) is 2.06. The summed E-state index contributed by atoms with van der Waals surface area (Å²) in [6.45, 7) is -0.631. The number of rotatable bonds is 5. The van der Waals surface area contributed by atoms with Crippen molar-refractivity contribution in [3.05, 3.63) is 53.1 Å². The lowest BCUT2D eigenvalue weighted by Crippen LogP contribution is -2.55. The molecule has 2 amide bonds. The number of hydrogen-bond acceptors (Lipinski definition) is 5. The molecule has 28 heavy (non-hydrogen) atoms. The van der Waals surface area contributed by atoms with Gasteiger partial charge in [-0.05, 0) is 43.2 Å². The molecule has 0 unspecified atom stereocenters. The lowest BCUT2D eigenvalue weighted by Gasteiger charge is -2.34. The maximum absolute atomic E-state index is 13.6. The van der Waals surface area contributed by atoms with Crippen molar-refractivity contribution in [2.45, 2.75) is 18.4 Å². The molecule has 0 saturated heterocycles. The van der Waals surface area contributed by atoms with Crippen molar-refractivity contribution in [1.82, 2.24) is 0 Å². The molecule has 0 aromatic heterocycles. The van der Waals surface area contributed by atoms with Gasteiger partial charge in [-0.3, -0.25) is 14.5 Å². The molecule has 0 saturated carbocycles. The van der Waals surface area contributed by atoms with Gasteiger partial charge in [0.05, 0.1) is 22.6 Å². The molecular weight excluding hydrogens is 382 g/mol. The van der Waals surface area contributed by atoms with E-state index in [0.29, 0.717) is 27.6 Å². The maximum Gasteiger partial charge on any atom is 0.260 e. The molecule has 0 radical (unpaired) electrons. The van der Waals surface area contributed by atoms with Crippen molar-refractivity contribution >= 4 is 40.5 Å². The van der Waals surface area contributed by atoms with Gasteiger partial charge in [0.2, 0.25) is 0 Å². The van der Waals surface area contributed by atoms with E-state index in [1.807, 2.05) is 0 Å². The molecule has 1 aliphatic rings. The third-order valence-corrected chi connectivity index (χ3v) is 5.20. The van der Waals surface area contributed by atoms with Crippen molar-refractivity contribution in [2.75, 3.05) is 30.1 Å². The molecule has 0 spiro atoms. The van der Waals surface area contributed by atoms with Gasteiger partial charge in [0.25, 0.3) is 11.8 Å². The first-order chi connectivity index (χ1) is 13.3. The fourth-order valence-electron chi connectivity index (χ4n) is 3.40. The topological polar surface area (TPSA) is 107 Å². The normalized spacial score (nSPS) is 13.8. The van der Waals surface area contributed by atoms with Crippen LogP contribution < -0.4 is 15.5 Å². The minimum atomic E-state index is -1.50. The zero-order chi connectivity index (χ0) is 20.5. The first-order valence-corrected chi connectivity index (χ1v) is 9.23. The highest BCUT2D eigenvalue weighted by Gasteiger charge is 2.41. The van der Waals surface area contributed by atoms with Gasteiger partial charge in [-0.15, -0.1) is 0 Å². The second kappa shape index (κ2) is 7.89. The van der Waals surface area contributed by atoms with Crippen molar-refractivity contribution < 1.29 is 19.8 Å². The van der Waals surface area contributed by atoms with E-state index >= 15 is 0 Å². The van der Waals surface area contributed by atoms with Gasteiger partial charge >= 0.3 is 0 Å². The molecule has 0 bridgehead atoms. The number of hydrogen-bond donors (Lipinski definition) is 3. The van der Waals surface area contributed by atoms with Crippen LogP contribution in [0.5, 0.6) is 0 Å². The van der Waals surface area contributed by atoms with Crippen LogP contribution in [0.4, 0.5) is 17.1 Å². The zero-order valence-electron chi connectivity index (χ0n) is 15.4. The average Bonchev–Trinajstić information content (AvgIpc) is 2.76. The molecular formula is C20H22ClN3O4. The smallest absolute Gasteiger partial charge is 0.260 e. The number of fused-ring (bicyclic) bond motifs is 2. The number of carbonyl (C=O) groups excluding carboxylic acids is 2. The van der Waals surface area contributed by atoms with Crippen LogP contribution in [0.1, 0.15) is 23.2 Å². The molecule has 2 aromatic rings. The van der Waals surface area contributed by atoms with E-state index in [0.717, 1.165) is 0 Å². The highest BCUT2D eigenvalue weighted by atomic mass is 35.5. The Labute approximate surface area is 167 Å². The number of carbonyl (C=O) groups is 2.